The van der Waals surface area contributed by atoms with Crippen LogP contribution < -0.4 is 0 Å². The molecule has 1 heteroatoms. The number of hydrogen-bond acceptors (Lipinski definition) is 1. The molecule has 0 saturated heterocycles. The maximum absolute atomic E-state index is 5.80. The molecule has 0 heterocycles. The van der Waals surface area contributed by atoms with Gasteiger partial charge in [0.05, 0.1) is 11.7 Å². The Morgan fingerprint density at radius 3 is 1.36 bits per heavy atom. The molecule has 0 N–H and O–H groups in total. The van der Waals surface area contributed by atoms with Gasteiger partial charge < -0.3 is 4.74 Å². The molecule has 0 aromatic carbocycles. The minimum atomic E-state index is -0.0405. The van der Waals surface area contributed by atoms with Crippen LogP contribution in [0.15, 0.2) is 0 Å². The molecule has 0 bridgehead atoms. The van der Waals surface area contributed by atoms with Crippen molar-refractivity contribution in [3.63, 3.8) is 0 Å². The summed E-state index contributed by atoms with van der Waals surface area (Å²) in [5.74, 6) is 0. The van der Waals surface area contributed by atoms with Gasteiger partial charge in [0.1, 0.15) is 0 Å². The van der Waals surface area contributed by atoms with Crippen LogP contribution in [0.5, 0.6) is 0 Å². The Morgan fingerprint density at radius 2 is 1.27 bits per heavy atom. The number of rotatable bonds is 2. The average Bonchev–Trinajstić information content (AvgIpc) is 1.56. The lowest BCUT2D eigenvalue weighted by molar-refractivity contribution is -0.118. The molecule has 0 radical (unpaired) electrons. The van der Waals surface area contributed by atoms with Gasteiger partial charge in [-0.05, 0) is 33.1 Å². The van der Waals surface area contributed by atoms with E-state index in [9.17, 15) is 0 Å². The molecule has 0 saturated carbocycles. The van der Waals surface area contributed by atoms with E-state index >= 15 is 0 Å². The molecule has 1 nitrogen and oxygen atoms in total. The highest BCUT2D eigenvalue weighted by Crippen LogP contribution is 2.33. The summed E-state index contributed by atoms with van der Waals surface area (Å²) in [5.41, 5.74) is 0.165. The van der Waals surface area contributed by atoms with Crippen LogP contribution in [0.2, 0.25) is 0 Å². The van der Waals surface area contributed by atoms with Gasteiger partial charge in [-0.25, -0.2) is 0 Å². The van der Waals surface area contributed by atoms with Crippen LogP contribution in [-0.2, 0) is 4.74 Å². The van der Waals surface area contributed by atoms with E-state index < -0.39 is 0 Å². The van der Waals surface area contributed by atoms with Crippen LogP contribution in [0.3, 0.4) is 0 Å². The third-order valence-electron chi connectivity index (χ3n) is 2.34. The van der Waals surface area contributed by atoms with E-state index in [4.69, 9.17) is 4.74 Å². The molecular formula is C10H22O. The summed E-state index contributed by atoms with van der Waals surface area (Å²) in [6.45, 7) is 15.1. The van der Waals surface area contributed by atoms with Crippen molar-refractivity contribution in [2.24, 2.45) is 5.41 Å². The quantitative estimate of drug-likeness (QED) is 0.599. The summed E-state index contributed by atoms with van der Waals surface area (Å²) < 4.78 is 5.80. The molecule has 0 rings (SSSR count). The third-order valence-corrected chi connectivity index (χ3v) is 2.34. The van der Waals surface area contributed by atoms with Crippen LogP contribution in [0.4, 0.5) is 0 Å². The van der Waals surface area contributed by atoms with Crippen molar-refractivity contribution in [3.8, 4) is 0 Å². The molecule has 0 aromatic heterocycles. The van der Waals surface area contributed by atoms with E-state index in [-0.39, 0.29) is 11.0 Å². The summed E-state index contributed by atoms with van der Waals surface area (Å²) in [4.78, 5) is 0. The Morgan fingerprint density at radius 1 is 0.909 bits per heavy atom. The summed E-state index contributed by atoms with van der Waals surface area (Å²) in [6.07, 6.45) is 0.309. The number of hydrogen-bond donors (Lipinski definition) is 0. The van der Waals surface area contributed by atoms with Crippen molar-refractivity contribution >= 4 is 0 Å². The molecule has 0 fully saturated rings. The van der Waals surface area contributed by atoms with Crippen LogP contribution in [0.25, 0.3) is 0 Å². The van der Waals surface area contributed by atoms with Gasteiger partial charge in [0, 0.05) is 0 Å². The van der Waals surface area contributed by atoms with E-state index in [1.54, 1.807) is 0 Å². The second kappa shape index (κ2) is 3.14. The molecule has 0 unspecified atom stereocenters. The monoisotopic (exact) mass is 158 g/mol. The van der Waals surface area contributed by atoms with E-state index in [1.807, 2.05) is 0 Å². The first kappa shape index (κ1) is 11.0. The summed E-state index contributed by atoms with van der Waals surface area (Å²) in [5, 5.41) is 0. The van der Waals surface area contributed by atoms with Crippen LogP contribution in [0.1, 0.15) is 48.5 Å². The molecule has 11 heavy (non-hydrogen) atoms. The Balaban J connectivity index is 4.22. The van der Waals surface area contributed by atoms with Crippen molar-refractivity contribution in [2.45, 2.75) is 60.2 Å². The molecule has 0 aliphatic heterocycles. The zero-order valence-electron chi connectivity index (χ0n) is 8.99. The molecule has 0 aliphatic rings. The fourth-order valence-electron chi connectivity index (χ4n) is 0.766. The third kappa shape index (κ3) is 3.24. The fraction of sp³-hybridized carbons (Fsp3) is 1.00. The van der Waals surface area contributed by atoms with Crippen molar-refractivity contribution < 1.29 is 4.74 Å². The molecule has 0 spiro atoms. The maximum Gasteiger partial charge on any atom is 0.0678 e. The van der Waals surface area contributed by atoms with Crippen LogP contribution >= 0.6 is 0 Å². The molecule has 0 aromatic rings. The first-order chi connectivity index (χ1) is 4.67. The smallest absolute Gasteiger partial charge is 0.0678 e. The first-order valence-electron chi connectivity index (χ1n) is 4.34. The predicted octanol–water partition coefficient (Wildman–Crippen LogP) is 3.24. The summed E-state index contributed by atoms with van der Waals surface area (Å²) in [7, 11) is 0. The Bertz CT molecular complexity index is 117. The lowest BCUT2D eigenvalue weighted by atomic mass is 9.79. The highest BCUT2D eigenvalue weighted by molar-refractivity contribution is 4.84. The van der Waals surface area contributed by atoms with Gasteiger partial charge in [-0.1, -0.05) is 20.8 Å². The van der Waals surface area contributed by atoms with Gasteiger partial charge in [0.2, 0.25) is 0 Å². The van der Waals surface area contributed by atoms with E-state index in [0.717, 1.165) is 0 Å². The average molecular weight is 158 g/mol. The van der Waals surface area contributed by atoms with E-state index in [2.05, 4.69) is 48.5 Å². The SMILES string of the molecule is CC(C)OC(C)(C)C(C)(C)C. The van der Waals surface area contributed by atoms with Crippen molar-refractivity contribution in [1.82, 2.24) is 0 Å². The topological polar surface area (TPSA) is 9.23 Å². The standard InChI is InChI=1S/C10H22O/c1-8(2)11-10(6,7)9(3,4)5/h8H,1-7H3. The minimum Gasteiger partial charge on any atom is -0.372 e. The number of ether oxygens (including phenoxy) is 1. The van der Waals surface area contributed by atoms with Gasteiger partial charge >= 0.3 is 0 Å². The normalized spacial score (nSPS) is 14.2. The largest absolute Gasteiger partial charge is 0.372 e. The minimum absolute atomic E-state index is 0.0405. The first-order valence-corrected chi connectivity index (χ1v) is 4.34. The molecular weight excluding hydrogens is 136 g/mol. The maximum atomic E-state index is 5.80. The van der Waals surface area contributed by atoms with Gasteiger partial charge in [-0.3, -0.25) is 0 Å². The van der Waals surface area contributed by atoms with Crippen molar-refractivity contribution in [2.75, 3.05) is 0 Å². The fourth-order valence-corrected chi connectivity index (χ4v) is 0.766. The second-order valence-corrected chi connectivity index (χ2v) is 4.93. The van der Waals surface area contributed by atoms with Gasteiger partial charge in [-0.2, -0.15) is 0 Å². The molecule has 68 valence electrons. The highest BCUT2D eigenvalue weighted by Gasteiger charge is 2.34. The Kier molecular flexibility index (Phi) is 3.13. The lowest BCUT2D eigenvalue weighted by Gasteiger charge is -2.40. The second-order valence-electron chi connectivity index (χ2n) is 4.93. The summed E-state index contributed by atoms with van der Waals surface area (Å²) in [6, 6.07) is 0. The van der Waals surface area contributed by atoms with Gasteiger partial charge in [0.15, 0.2) is 0 Å². The molecule has 0 amide bonds. The van der Waals surface area contributed by atoms with Crippen molar-refractivity contribution in [3.05, 3.63) is 0 Å². The zero-order valence-corrected chi connectivity index (χ0v) is 8.99. The van der Waals surface area contributed by atoms with Crippen molar-refractivity contribution in [1.29, 1.82) is 0 Å². The zero-order chi connectivity index (χ0) is 9.28. The van der Waals surface area contributed by atoms with Crippen LogP contribution in [0, 0.1) is 5.41 Å². The van der Waals surface area contributed by atoms with Gasteiger partial charge in [-0.15, -0.1) is 0 Å². The Hall–Kier alpha value is -0.0400. The molecule has 0 atom stereocenters. The van der Waals surface area contributed by atoms with E-state index in [1.165, 1.54) is 0 Å². The Labute approximate surface area is 71.1 Å². The van der Waals surface area contributed by atoms with Gasteiger partial charge in [0.25, 0.3) is 0 Å². The van der Waals surface area contributed by atoms with E-state index in [0.29, 0.717) is 6.10 Å². The highest BCUT2D eigenvalue weighted by atomic mass is 16.5. The lowest BCUT2D eigenvalue weighted by Crippen LogP contribution is -2.41. The summed E-state index contributed by atoms with van der Waals surface area (Å²) >= 11 is 0. The molecule has 0 aliphatic carbocycles. The van der Waals surface area contributed by atoms with Crippen LogP contribution in [-0.4, -0.2) is 11.7 Å². The predicted molar refractivity (Wildman–Crippen MR) is 49.8 cm³/mol.